The highest BCUT2D eigenvalue weighted by Crippen LogP contribution is 2.29. The molecular formula is C12H19NO6. The summed E-state index contributed by atoms with van der Waals surface area (Å²) in [5, 5.41) is 20.2. The summed E-state index contributed by atoms with van der Waals surface area (Å²) in [5.41, 5.74) is 0. The van der Waals surface area contributed by atoms with Gasteiger partial charge in [0.25, 0.3) is 0 Å². The fraction of sp³-hybridized carbons (Fsp3) is 0.750. The van der Waals surface area contributed by atoms with Gasteiger partial charge in [-0.25, -0.2) is 4.79 Å². The zero-order valence-corrected chi connectivity index (χ0v) is 10.8. The number of amides is 1. The molecule has 0 heterocycles. The van der Waals surface area contributed by atoms with Gasteiger partial charge in [-0.15, -0.1) is 0 Å². The van der Waals surface area contributed by atoms with Crippen molar-refractivity contribution in [3.63, 3.8) is 0 Å². The van der Waals surface area contributed by atoms with E-state index in [-0.39, 0.29) is 18.4 Å². The Morgan fingerprint density at radius 1 is 1.16 bits per heavy atom. The van der Waals surface area contributed by atoms with Crippen LogP contribution in [0.3, 0.4) is 0 Å². The molecule has 0 spiro atoms. The number of rotatable bonds is 6. The van der Waals surface area contributed by atoms with Crippen LogP contribution in [0.5, 0.6) is 0 Å². The average molecular weight is 273 g/mol. The second kappa shape index (κ2) is 7.08. The van der Waals surface area contributed by atoms with E-state index in [2.05, 4.69) is 5.32 Å². The van der Waals surface area contributed by atoms with E-state index in [4.69, 9.17) is 14.9 Å². The number of carboxylic acid groups (broad SMARTS) is 2. The van der Waals surface area contributed by atoms with E-state index in [1.54, 1.807) is 0 Å². The van der Waals surface area contributed by atoms with E-state index < -0.39 is 23.9 Å². The number of nitrogens with one attached hydrogen (secondary N) is 1. The normalized spacial score (nSPS) is 24.5. The van der Waals surface area contributed by atoms with E-state index in [9.17, 15) is 14.4 Å². The van der Waals surface area contributed by atoms with Gasteiger partial charge in [-0.1, -0.05) is 0 Å². The van der Waals surface area contributed by atoms with Crippen LogP contribution in [0, 0.1) is 11.8 Å². The van der Waals surface area contributed by atoms with E-state index in [0.29, 0.717) is 25.7 Å². The Bertz CT molecular complexity index is 348. The molecule has 108 valence electrons. The Labute approximate surface area is 110 Å². The van der Waals surface area contributed by atoms with Crippen LogP contribution in [0.25, 0.3) is 0 Å². The first-order valence-electron chi connectivity index (χ1n) is 6.20. The first-order valence-corrected chi connectivity index (χ1v) is 6.20. The van der Waals surface area contributed by atoms with Gasteiger partial charge in [-0.2, -0.15) is 0 Å². The molecule has 19 heavy (non-hydrogen) atoms. The van der Waals surface area contributed by atoms with Crippen LogP contribution in [-0.4, -0.2) is 47.8 Å². The summed E-state index contributed by atoms with van der Waals surface area (Å²) >= 11 is 0. The van der Waals surface area contributed by atoms with Crippen LogP contribution in [0.2, 0.25) is 0 Å². The van der Waals surface area contributed by atoms with Crippen LogP contribution in [0.1, 0.15) is 25.7 Å². The molecular weight excluding hydrogens is 254 g/mol. The number of aliphatic carboxylic acids is 2. The molecule has 1 fully saturated rings. The maximum atomic E-state index is 11.9. The van der Waals surface area contributed by atoms with Crippen molar-refractivity contribution in [1.29, 1.82) is 0 Å². The smallest absolute Gasteiger partial charge is 0.328 e. The molecule has 0 aromatic rings. The minimum Gasteiger partial charge on any atom is -0.481 e. The Kier molecular flexibility index (Phi) is 5.75. The first-order chi connectivity index (χ1) is 8.95. The van der Waals surface area contributed by atoms with Crippen LogP contribution in [0.4, 0.5) is 0 Å². The lowest BCUT2D eigenvalue weighted by atomic mass is 9.81. The Hall–Kier alpha value is -1.63. The Morgan fingerprint density at radius 3 is 2.11 bits per heavy atom. The van der Waals surface area contributed by atoms with Crippen molar-refractivity contribution in [3.05, 3.63) is 0 Å². The molecule has 0 aromatic heterocycles. The van der Waals surface area contributed by atoms with Gasteiger partial charge in [-0.05, 0) is 25.7 Å². The van der Waals surface area contributed by atoms with Crippen molar-refractivity contribution in [2.45, 2.75) is 31.7 Å². The third-order valence-electron chi connectivity index (χ3n) is 3.40. The molecule has 1 aliphatic carbocycles. The van der Waals surface area contributed by atoms with E-state index in [1.165, 1.54) is 7.11 Å². The van der Waals surface area contributed by atoms with E-state index in [1.807, 2.05) is 0 Å². The van der Waals surface area contributed by atoms with Crippen LogP contribution in [-0.2, 0) is 19.1 Å². The van der Waals surface area contributed by atoms with E-state index >= 15 is 0 Å². The van der Waals surface area contributed by atoms with Crippen LogP contribution < -0.4 is 5.32 Å². The summed E-state index contributed by atoms with van der Waals surface area (Å²) in [6.45, 7) is -0.0917. The van der Waals surface area contributed by atoms with Gasteiger partial charge in [0.15, 0.2) is 6.04 Å². The Morgan fingerprint density at radius 2 is 1.68 bits per heavy atom. The zero-order valence-electron chi connectivity index (χ0n) is 10.8. The highest BCUT2D eigenvalue weighted by atomic mass is 16.5. The van der Waals surface area contributed by atoms with Crippen LogP contribution in [0.15, 0.2) is 0 Å². The van der Waals surface area contributed by atoms with Gasteiger partial charge in [0.05, 0.1) is 12.5 Å². The summed E-state index contributed by atoms with van der Waals surface area (Å²) in [5.74, 6) is -3.02. The summed E-state index contributed by atoms with van der Waals surface area (Å²) in [4.78, 5) is 33.6. The van der Waals surface area contributed by atoms with Gasteiger partial charge in [-0.3, -0.25) is 9.59 Å². The number of hydrogen-bond acceptors (Lipinski definition) is 4. The molecule has 7 heteroatoms. The molecule has 1 atom stereocenters. The van der Waals surface area contributed by atoms with Gasteiger partial charge in [0.2, 0.25) is 5.91 Å². The van der Waals surface area contributed by atoms with E-state index in [0.717, 1.165) is 0 Å². The lowest BCUT2D eigenvalue weighted by molar-refractivity contribution is -0.145. The molecule has 3 N–H and O–H groups in total. The number of methoxy groups -OCH3 is 1. The molecule has 1 unspecified atom stereocenters. The summed E-state index contributed by atoms with van der Waals surface area (Å²) in [7, 11) is 1.36. The lowest BCUT2D eigenvalue weighted by Gasteiger charge is -2.26. The standard InChI is InChI=1S/C12H19NO6/c1-19-6-9(12(17)18)13-10(14)7-2-4-8(5-3-7)11(15)16/h7-9H,2-6H2,1H3,(H,13,14)(H,15,16)(H,17,18). The minimum atomic E-state index is -1.14. The fourth-order valence-corrected chi connectivity index (χ4v) is 2.23. The number of carbonyl (C=O) groups excluding carboxylic acids is 1. The van der Waals surface area contributed by atoms with Crippen molar-refractivity contribution < 1.29 is 29.3 Å². The average Bonchev–Trinajstić information content (AvgIpc) is 2.38. The fourth-order valence-electron chi connectivity index (χ4n) is 2.23. The monoisotopic (exact) mass is 273 g/mol. The molecule has 0 saturated heterocycles. The van der Waals surface area contributed by atoms with Crippen molar-refractivity contribution >= 4 is 17.8 Å². The van der Waals surface area contributed by atoms with Gasteiger partial charge >= 0.3 is 11.9 Å². The first kappa shape index (κ1) is 15.4. The highest BCUT2D eigenvalue weighted by Gasteiger charge is 2.31. The van der Waals surface area contributed by atoms with Gasteiger partial charge in [0, 0.05) is 13.0 Å². The largest absolute Gasteiger partial charge is 0.481 e. The summed E-state index contributed by atoms with van der Waals surface area (Å²) < 4.78 is 4.73. The molecule has 1 amide bonds. The number of ether oxygens (including phenoxy) is 1. The third-order valence-corrected chi connectivity index (χ3v) is 3.40. The molecule has 0 aliphatic heterocycles. The molecule has 0 radical (unpaired) electrons. The zero-order chi connectivity index (χ0) is 14.4. The second-order valence-electron chi connectivity index (χ2n) is 4.74. The molecule has 0 bridgehead atoms. The Balaban J connectivity index is 2.46. The summed E-state index contributed by atoms with van der Waals surface area (Å²) in [6.07, 6.45) is 1.86. The number of carboxylic acids is 2. The predicted molar refractivity (Wildman–Crippen MR) is 64.5 cm³/mol. The number of hydrogen-bond donors (Lipinski definition) is 3. The van der Waals surface area contributed by atoms with Crippen molar-refractivity contribution in [2.24, 2.45) is 11.8 Å². The van der Waals surface area contributed by atoms with Crippen molar-refractivity contribution in [1.82, 2.24) is 5.32 Å². The van der Waals surface area contributed by atoms with Gasteiger partial charge < -0.3 is 20.3 Å². The van der Waals surface area contributed by atoms with Crippen molar-refractivity contribution in [2.75, 3.05) is 13.7 Å². The topological polar surface area (TPSA) is 113 Å². The molecule has 0 aromatic carbocycles. The minimum absolute atomic E-state index is 0.0917. The molecule has 1 aliphatic rings. The quantitative estimate of drug-likeness (QED) is 0.632. The third kappa shape index (κ3) is 4.51. The molecule has 1 rings (SSSR count). The van der Waals surface area contributed by atoms with Gasteiger partial charge in [0.1, 0.15) is 0 Å². The lowest BCUT2D eigenvalue weighted by Crippen LogP contribution is -2.46. The number of carbonyl (C=O) groups is 3. The molecule has 1 saturated carbocycles. The van der Waals surface area contributed by atoms with Crippen molar-refractivity contribution in [3.8, 4) is 0 Å². The highest BCUT2D eigenvalue weighted by molar-refractivity contribution is 5.85. The summed E-state index contributed by atoms with van der Waals surface area (Å²) in [6, 6.07) is -1.06. The maximum absolute atomic E-state index is 11.9. The second-order valence-corrected chi connectivity index (χ2v) is 4.74. The molecule has 7 nitrogen and oxygen atoms in total. The SMILES string of the molecule is COCC(NC(=O)C1CCC(C(=O)O)CC1)C(=O)O. The maximum Gasteiger partial charge on any atom is 0.328 e. The predicted octanol–water partition coefficient (Wildman–Crippen LogP) is 0.0932. The van der Waals surface area contributed by atoms with Crippen LogP contribution >= 0.6 is 0 Å².